The average molecular weight is 238 g/mol. The maximum atomic E-state index is 8.66. The highest BCUT2D eigenvalue weighted by atomic mass is 14.9. The standard InChI is InChI=1S/C14H14N4/c1-2-11-4-3-7-16-14(11)10-18-13-6-5-12(8-15)17-9-13/h3-7,9,18H,2,10H2,1H3. The van der Waals surface area contributed by atoms with E-state index in [-0.39, 0.29) is 0 Å². The van der Waals surface area contributed by atoms with E-state index in [2.05, 4.69) is 28.3 Å². The zero-order valence-electron chi connectivity index (χ0n) is 10.2. The summed E-state index contributed by atoms with van der Waals surface area (Å²) in [6.45, 7) is 2.78. The average Bonchev–Trinajstić information content (AvgIpc) is 2.46. The fourth-order valence-electron chi connectivity index (χ4n) is 1.70. The topological polar surface area (TPSA) is 61.6 Å². The Labute approximate surface area is 106 Å². The SMILES string of the molecule is CCc1cccnc1CNc1ccc(C#N)nc1. The van der Waals surface area contributed by atoms with Crippen molar-refractivity contribution in [2.75, 3.05) is 5.32 Å². The van der Waals surface area contributed by atoms with E-state index in [1.165, 1.54) is 5.56 Å². The van der Waals surface area contributed by atoms with Crippen molar-refractivity contribution in [3.8, 4) is 6.07 Å². The molecule has 0 aliphatic rings. The van der Waals surface area contributed by atoms with Gasteiger partial charge in [0.1, 0.15) is 11.8 Å². The highest BCUT2D eigenvalue weighted by Crippen LogP contribution is 2.10. The molecule has 0 bridgehead atoms. The number of nitriles is 1. The fourth-order valence-corrected chi connectivity index (χ4v) is 1.70. The lowest BCUT2D eigenvalue weighted by molar-refractivity contribution is 0.970. The van der Waals surface area contributed by atoms with Crippen LogP contribution < -0.4 is 5.32 Å². The van der Waals surface area contributed by atoms with Gasteiger partial charge in [-0.1, -0.05) is 13.0 Å². The summed E-state index contributed by atoms with van der Waals surface area (Å²) in [6.07, 6.45) is 4.43. The molecule has 0 aromatic carbocycles. The van der Waals surface area contributed by atoms with Crippen LogP contribution in [0.4, 0.5) is 5.69 Å². The predicted molar refractivity (Wildman–Crippen MR) is 69.9 cm³/mol. The molecular formula is C14H14N4. The molecule has 0 spiro atoms. The summed E-state index contributed by atoms with van der Waals surface area (Å²) in [5, 5.41) is 11.9. The van der Waals surface area contributed by atoms with Crippen molar-refractivity contribution in [3.63, 3.8) is 0 Å². The van der Waals surface area contributed by atoms with Crippen molar-refractivity contribution in [2.24, 2.45) is 0 Å². The maximum absolute atomic E-state index is 8.66. The van der Waals surface area contributed by atoms with E-state index < -0.39 is 0 Å². The van der Waals surface area contributed by atoms with Crippen molar-refractivity contribution < 1.29 is 0 Å². The van der Waals surface area contributed by atoms with Crippen molar-refractivity contribution >= 4 is 5.69 Å². The molecule has 0 radical (unpaired) electrons. The lowest BCUT2D eigenvalue weighted by Gasteiger charge is -2.08. The number of nitrogens with zero attached hydrogens (tertiary/aromatic N) is 3. The number of pyridine rings is 2. The Balaban J connectivity index is 2.04. The molecule has 0 saturated heterocycles. The first-order valence-corrected chi connectivity index (χ1v) is 5.86. The zero-order chi connectivity index (χ0) is 12.8. The summed E-state index contributed by atoms with van der Waals surface area (Å²) in [4.78, 5) is 8.37. The number of hydrogen-bond donors (Lipinski definition) is 1. The summed E-state index contributed by atoms with van der Waals surface area (Å²) in [6, 6.07) is 9.57. The summed E-state index contributed by atoms with van der Waals surface area (Å²) in [5.74, 6) is 0. The van der Waals surface area contributed by atoms with Crippen LogP contribution in [0.5, 0.6) is 0 Å². The van der Waals surface area contributed by atoms with Crippen LogP contribution in [0.3, 0.4) is 0 Å². The third-order valence-corrected chi connectivity index (χ3v) is 2.70. The Morgan fingerprint density at radius 2 is 2.17 bits per heavy atom. The predicted octanol–water partition coefficient (Wildman–Crippen LogP) is 2.52. The van der Waals surface area contributed by atoms with E-state index in [1.54, 1.807) is 18.5 Å². The van der Waals surface area contributed by atoms with E-state index in [0.29, 0.717) is 12.2 Å². The second-order valence-electron chi connectivity index (χ2n) is 3.86. The molecule has 2 heterocycles. The van der Waals surface area contributed by atoms with Crippen LogP contribution >= 0.6 is 0 Å². The van der Waals surface area contributed by atoms with Crippen molar-refractivity contribution in [3.05, 3.63) is 53.6 Å². The third kappa shape index (κ3) is 2.83. The molecule has 2 aromatic heterocycles. The molecule has 0 saturated carbocycles. The van der Waals surface area contributed by atoms with Crippen LogP contribution in [-0.2, 0) is 13.0 Å². The van der Waals surface area contributed by atoms with E-state index in [9.17, 15) is 0 Å². The minimum absolute atomic E-state index is 0.424. The number of rotatable bonds is 4. The fraction of sp³-hybridized carbons (Fsp3) is 0.214. The van der Waals surface area contributed by atoms with Crippen LogP contribution in [-0.4, -0.2) is 9.97 Å². The van der Waals surface area contributed by atoms with Crippen LogP contribution in [0, 0.1) is 11.3 Å². The smallest absolute Gasteiger partial charge is 0.140 e. The van der Waals surface area contributed by atoms with Gasteiger partial charge >= 0.3 is 0 Å². The lowest BCUT2D eigenvalue weighted by Crippen LogP contribution is -2.05. The molecule has 90 valence electrons. The number of nitrogens with one attached hydrogen (secondary N) is 1. The van der Waals surface area contributed by atoms with E-state index in [1.807, 2.05) is 18.2 Å². The Morgan fingerprint density at radius 1 is 1.28 bits per heavy atom. The molecular weight excluding hydrogens is 224 g/mol. The van der Waals surface area contributed by atoms with Gasteiger partial charge < -0.3 is 5.32 Å². The quantitative estimate of drug-likeness (QED) is 0.889. The molecule has 0 amide bonds. The zero-order valence-corrected chi connectivity index (χ0v) is 10.2. The van der Waals surface area contributed by atoms with Gasteiger partial charge in [0.15, 0.2) is 0 Å². The Hall–Kier alpha value is -2.41. The van der Waals surface area contributed by atoms with Gasteiger partial charge in [-0.2, -0.15) is 5.26 Å². The molecule has 0 unspecified atom stereocenters. The normalized spacial score (nSPS) is 9.78. The molecule has 18 heavy (non-hydrogen) atoms. The van der Waals surface area contributed by atoms with Crippen LogP contribution in [0.25, 0.3) is 0 Å². The summed E-state index contributed by atoms with van der Waals surface area (Å²) in [7, 11) is 0. The second kappa shape index (κ2) is 5.78. The van der Waals surface area contributed by atoms with E-state index in [0.717, 1.165) is 17.8 Å². The molecule has 2 aromatic rings. The molecule has 1 N–H and O–H groups in total. The largest absolute Gasteiger partial charge is 0.378 e. The lowest BCUT2D eigenvalue weighted by atomic mass is 10.1. The van der Waals surface area contributed by atoms with Gasteiger partial charge in [-0.25, -0.2) is 4.98 Å². The molecule has 4 heteroatoms. The van der Waals surface area contributed by atoms with Gasteiger partial charge in [-0.3, -0.25) is 4.98 Å². The van der Waals surface area contributed by atoms with Crippen molar-refractivity contribution in [1.82, 2.24) is 9.97 Å². The number of aromatic nitrogens is 2. The van der Waals surface area contributed by atoms with Gasteiger partial charge in [0, 0.05) is 6.20 Å². The first-order chi connectivity index (χ1) is 8.83. The highest BCUT2D eigenvalue weighted by molar-refractivity contribution is 5.43. The molecule has 4 nitrogen and oxygen atoms in total. The molecule has 0 aliphatic heterocycles. The Kier molecular flexibility index (Phi) is 3.87. The van der Waals surface area contributed by atoms with Crippen LogP contribution in [0.2, 0.25) is 0 Å². The highest BCUT2D eigenvalue weighted by Gasteiger charge is 2.01. The second-order valence-corrected chi connectivity index (χ2v) is 3.86. The summed E-state index contributed by atoms with van der Waals surface area (Å²) < 4.78 is 0. The summed E-state index contributed by atoms with van der Waals surface area (Å²) >= 11 is 0. The van der Waals surface area contributed by atoms with Gasteiger partial charge in [-0.15, -0.1) is 0 Å². The van der Waals surface area contributed by atoms with Crippen molar-refractivity contribution in [2.45, 2.75) is 19.9 Å². The van der Waals surface area contributed by atoms with Gasteiger partial charge in [0.25, 0.3) is 0 Å². The van der Waals surface area contributed by atoms with Gasteiger partial charge in [0.2, 0.25) is 0 Å². The minimum atomic E-state index is 0.424. The first-order valence-electron chi connectivity index (χ1n) is 5.86. The number of hydrogen-bond acceptors (Lipinski definition) is 4. The molecule has 0 atom stereocenters. The van der Waals surface area contributed by atoms with Crippen LogP contribution in [0.1, 0.15) is 23.9 Å². The Bertz CT molecular complexity index is 555. The van der Waals surface area contributed by atoms with Crippen LogP contribution in [0.15, 0.2) is 36.7 Å². The van der Waals surface area contributed by atoms with E-state index in [4.69, 9.17) is 5.26 Å². The minimum Gasteiger partial charge on any atom is -0.378 e. The number of anilines is 1. The monoisotopic (exact) mass is 238 g/mol. The van der Waals surface area contributed by atoms with E-state index >= 15 is 0 Å². The van der Waals surface area contributed by atoms with Gasteiger partial charge in [0.05, 0.1) is 24.1 Å². The maximum Gasteiger partial charge on any atom is 0.140 e. The summed E-state index contributed by atoms with van der Waals surface area (Å²) in [5.41, 5.74) is 3.60. The van der Waals surface area contributed by atoms with Gasteiger partial charge in [-0.05, 0) is 30.2 Å². The number of aryl methyl sites for hydroxylation is 1. The molecule has 2 rings (SSSR count). The molecule has 0 fully saturated rings. The first kappa shape index (κ1) is 12.1. The Morgan fingerprint density at radius 3 is 2.83 bits per heavy atom. The van der Waals surface area contributed by atoms with Crippen molar-refractivity contribution in [1.29, 1.82) is 5.26 Å². The molecule has 0 aliphatic carbocycles. The third-order valence-electron chi connectivity index (χ3n) is 2.70.